The Morgan fingerprint density at radius 3 is 2.68 bits per heavy atom. The molecule has 1 nitrogen and oxygen atoms in total. The lowest BCUT2D eigenvalue weighted by molar-refractivity contribution is 0.113. The van der Waals surface area contributed by atoms with E-state index in [1.54, 1.807) is 6.07 Å². The van der Waals surface area contributed by atoms with Crippen LogP contribution in [0.2, 0.25) is 0 Å². The van der Waals surface area contributed by atoms with Gasteiger partial charge in [-0.25, -0.2) is 4.39 Å². The molecule has 0 aliphatic heterocycles. The van der Waals surface area contributed by atoms with Gasteiger partial charge in [0.05, 0.1) is 0 Å². The van der Waals surface area contributed by atoms with E-state index in [1.165, 1.54) is 69.8 Å². The van der Waals surface area contributed by atoms with Crippen molar-refractivity contribution in [2.24, 2.45) is 17.8 Å². The highest BCUT2D eigenvalue weighted by molar-refractivity contribution is 5.85. The largest absolute Gasteiger partial charge is 0.486 e. The summed E-state index contributed by atoms with van der Waals surface area (Å²) in [5, 5.41) is 1.66. The van der Waals surface area contributed by atoms with Crippen LogP contribution in [0.3, 0.4) is 0 Å². The molecule has 0 bridgehead atoms. The predicted molar refractivity (Wildman–Crippen MR) is 129 cm³/mol. The van der Waals surface area contributed by atoms with E-state index >= 15 is 0 Å². The van der Waals surface area contributed by atoms with Crippen LogP contribution in [0.4, 0.5) is 4.39 Å². The van der Waals surface area contributed by atoms with Gasteiger partial charge in [-0.05, 0) is 79.7 Å². The van der Waals surface area contributed by atoms with Gasteiger partial charge < -0.3 is 4.74 Å². The highest BCUT2D eigenvalue weighted by atomic mass is 19.1. The van der Waals surface area contributed by atoms with Gasteiger partial charge in [0.25, 0.3) is 0 Å². The Morgan fingerprint density at radius 1 is 1.00 bits per heavy atom. The van der Waals surface area contributed by atoms with Gasteiger partial charge in [-0.15, -0.1) is 0 Å². The first kappa shape index (κ1) is 22.4. The third kappa shape index (κ3) is 5.33. The average molecular weight is 423 g/mol. The molecule has 4 unspecified atom stereocenters. The number of hydrogen-bond donors (Lipinski definition) is 0. The van der Waals surface area contributed by atoms with Crippen molar-refractivity contribution in [3.05, 3.63) is 53.9 Å². The Kier molecular flexibility index (Phi) is 7.69. The van der Waals surface area contributed by atoms with Crippen molar-refractivity contribution in [3.8, 4) is 5.75 Å². The van der Waals surface area contributed by atoms with Crippen molar-refractivity contribution in [2.45, 2.75) is 84.0 Å². The second-order valence-electron chi connectivity index (χ2n) is 9.94. The van der Waals surface area contributed by atoms with Gasteiger partial charge in [-0.1, -0.05) is 75.4 Å². The maximum absolute atomic E-state index is 14.9. The van der Waals surface area contributed by atoms with Gasteiger partial charge in [-0.3, -0.25) is 0 Å². The Morgan fingerprint density at radius 2 is 1.84 bits per heavy atom. The maximum atomic E-state index is 14.9. The summed E-state index contributed by atoms with van der Waals surface area (Å²) in [4.78, 5) is 0. The van der Waals surface area contributed by atoms with Gasteiger partial charge in [0, 0.05) is 5.39 Å². The quantitative estimate of drug-likeness (QED) is 0.305. The van der Waals surface area contributed by atoms with Crippen LogP contribution in [-0.2, 0) is 0 Å². The van der Waals surface area contributed by atoms with Crippen LogP contribution in [0, 0.1) is 23.6 Å². The molecule has 2 aliphatic rings. The van der Waals surface area contributed by atoms with E-state index in [4.69, 9.17) is 4.74 Å². The number of ether oxygens (including phenoxy) is 1. The average Bonchev–Trinajstić information content (AvgIpc) is 2.80. The third-order valence-corrected chi connectivity index (χ3v) is 7.92. The zero-order chi connectivity index (χ0) is 21.6. The monoisotopic (exact) mass is 422 g/mol. The van der Waals surface area contributed by atoms with Crippen molar-refractivity contribution in [2.75, 3.05) is 6.61 Å². The number of allylic oxidation sites excluding steroid dienone is 1. The van der Waals surface area contributed by atoms with Gasteiger partial charge in [-0.2, -0.15) is 0 Å². The summed E-state index contributed by atoms with van der Waals surface area (Å²) >= 11 is 0. The molecule has 4 atom stereocenters. The van der Waals surface area contributed by atoms with E-state index in [9.17, 15) is 4.39 Å². The van der Waals surface area contributed by atoms with Crippen molar-refractivity contribution >= 4 is 10.8 Å². The minimum Gasteiger partial charge on any atom is -0.486 e. The Balaban J connectivity index is 1.40. The summed E-state index contributed by atoms with van der Waals surface area (Å²) in [6, 6.07) is 10.2. The number of rotatable bonds is 8. The first-order valence-electron chi connectivity index (χ1n) is 12.7. The predicted octanol–water partition coefficient (Wildman–Crippen LogP) is 8.81. The molecule has 0 radical (unpaired) electrons. The highest BCUT2D eigenvalue weighted by Crippen LogP contribution is 2.48. The smallest absolute Gasteiger partial charge is 0.172 e. The fraction of sp³-hybridized carbons (Fsp3) is 0.586. The second-order valence-corrected chi connectivity index (χ2v) is 9.94. The van der Waals surface area contributed by atoms with Crippen molar-refractivity contribution < 1.29 is 9.13 Å². The fourth-order valence-electron chi connectivity index (χ4n) is 6.12. The molecule has 168 valence electrons. The van der Waals surface area contributed by atoms with Gasteiger partial charge in [0.2, 0.25) is 0 Å². The van der Waals surface area contributed by atoms with E-state index in [1.807, 2.05) is 31.2 Å². The van der Waals surface area contributed by atoms with Gasteiger partial charge in [0.1, 0.15) is 6.61 Å². The number of hydrogen-bond acceptors (Lipinski definition) is 1. The summed E-state index contributed by atoms with van der Waals surface area (Å²) in [6.45, 7) is 4.65. The van der Waals surface area contributed by atoms with Crippen LogP contribution in [-0.4, -0.2) is 6.61 Å². The van der Waals surface area contributed by atoms with E-state index in [2.05, 4.69) is 19.1 Å². The molecule has 4 rings (SSSR count). The van der Waals surface area contributed by atoms with Crippen LogP contribution in [0.1, 0.15) is 89.5 Å². The normalized spacial score (nSPS) is 26.3. The zero-order valence-electron chi connectivity index (χ0n) is 19.4. The zero-order valence-corrected chi connectivity index (χ0v) is 19.4. The van der Waals surface area contributed by atoms with Crippen LogP contribution >= 0.6 is 0 Å². The third-order valence-electron chi connectivity index (χ3n) is 7.92. The summed E-state index contributed by atoms with van der Waals surface area (Å²) in [5.74, 6) is 3.57. The first-order valence-corrected chi connectivity index (χ1v) is 12.7. The molecule has 2 saturated carbocycles. The summed E-state index contributed by atoms with van der Waals surface area (Å²) in [7, 11) is 0. The number of halogens is 1. The topological polar surface area (TPSA) is 9.23 Å². The van der Waals surface area contributed by atoms with Gasteiger partial charge >= 0.3 is 0 Å². The van der Waals surface area contributed by atoms with E-state index in [-0.39, 0.29) is 5.82 Å². The highest BCUT2D eigenvalue weighted by Gasteiger charge is 2.35. The van der Waals surface area contributed by atoms with Crippen LogP contribution in [0.15, 0.2) is 42.5 Å². The molecule has 2 aromatic rings. The van der Waals surface area contributed by atoms with E-state index in [0.717, 1.165) is 23.1 Å². The second kappa shape index (κ2) is 10.7. The Bertz CT molecular complexity index is 886. The molecule has 2 heteroatoms. The molecule has 31 heavy (non-hydrogen) atoms. The van der Waals surface area contributed by atoms with Crippen LogP contribution in [0.25, 0.3) is 10.8 Å². The van der Waals surface area contributed by atoms with Crippen LogP contribution < -0.4 is 4.74 Å². The van der Waals surface area contributed by atoms with Crippen LogP contribution in [0.5, 0.6) is 5.75 Å². The maximum Gasteiger partial charge on any atom is 0.172 e. The molecular formula is C29H39FO. The SMILES string of the molecule is C/C=C/COc1ccc2cc(C3CCC4CC(CCCCC)CCC4C3)ccc2c1F. The standard InChI is InChI=1S/C29H39FO/c1-3-5-7-8-21-9-10-23-19-24(12-11-22(23)18-21)25-13-15-27-26(20-25)14-16-28(29(27)30)31-17-6-4-2/h4,6,13-16,20-24H,3,5,7-12,17-19H2,1-2H3/b6-4+. The van der Waals surface area contributed by atoms with Crippen molar-refractivity contribution in [3.63, 3.8) is 0 Å². The first-order chi connectivity index (χ1) is 15.2. The minimum absolute atomic E-state index is 0.237. The van der Waals surface area contributed by atoms with Crippen molar-refractivity contribution in [1.82, 2.24) is 0 Å². The molecule has 2 aliphatic carbocycles. The molecule has 0 aromatic heterocycles. The summed E-state index contributed by atoms with van der Waals surface area (Å²) in [6.07, 6.45) is 17.8. The molecule has 0 saturated heterocycles. The Hall–Kier alpha value is -1.83. The molecule has 0 amide bonds. The fourth-order valence-corrected chi connectivity index (χ4v) is 6.12. The van der Waals surface area contributed by atoms with E-state index < -0.39 is 0 Å². The molecule has 0 heterocycles. The molecule has 2 fully saturated rings. The molecular weight excluding hydrogens is 383 g/mol. The summed E-state index contributed by atoms with van der Waals surface area (Å²) in [5.41, 5.74) is 1.40. The minimum atomic E-state index is -0.237. The lowest BCUT2D eigenvalue weighted by Gasteiger charge is -2.42. The van der Waals surface area contributed by atoms with E-state index in [0.29, 0.717) is 23.7 Å². The Labute approximate surface area is 188 Å². The number of unbranched alkanes of at least 4 members (excludes halogenated alkanes) is 2. The molecule has 0 spiro atoms. The van der Waals surface area contributed by atoms with Gasteiger partial charge in [0.15, 0.2) is 11.6 Å². The molecule has 2 aromatic carbocycles. The number of benzene rings is 2. The lowest BCUT2D eigenvalue weighted by Crippen LogP contribution is -2.30. The molecule has 0 N–H and O–H groups in total. The lowest BCUT2D eigenvalue weighted by atomic mass is 9.63. The number of fused-ring (bicyclic) bond motifs is 2. The summed E-state index contributed by atoms with van der Waals surface area (Å²) < 4.78 is 20.5. The van der Waals surface area contributed by atoms with Crippen molar-refractivity contribution in [1.29, 1.82) is 0 Å².